The van der Waals surface area contributed by atoms with Crippen LogP contribution in [-0.4, -0.2) is 37.6 Å². The Bertz CT molecular complexity index is 291. The average Bonchev–Trinajstić information content (AvgIpc) is 2.70. The highest BCUT2D eigenvalue weighted by atomic mass is 15.1. The third-order valence-corrected chi connectivity index (χ3v) is 6.01. The van der Waals surface area contributed by atoms with E-state index < -0.39 is 0 Å². The van der Waals surface area contributed by atoms with Gasteiger partial charge in [-0.05, 0) is 69.0 Å². The van der Waals surface area contributed by atoms with Gasteiger partial charge < -0.3 is 10.2 Å². The zero-order valence-electron chi connectivity index (χ0n) is 14.8. The van der Waals surface area contributed by atoms with Crippen LogP contribution in [-0.2, 0) is 0 Å². The molecule has 1 aliphatic heterocycles. The maximum atomic E-state index is 3.68. The number of likely N-dealkylation sites (tertiary alicyclic amines) is 1. The summed E-state index contributed by atoms with van der Waals surface area (Å²) in [5.41, 5.74) is 0.555. The van der Waals surface area contributed by atoms with Crippen molar-refractivity contribution < 1.29 is 0 Å². The van der Waals surface area contributed by atoms with Crippen LogP contribution in [0.25, 0.3) is 0 Å². The van der Waals surface area contributed by atoms with Crippen LogP contribution in [0.1, 0.15) is 72.1 Å². The largest absolute Gasteiger partial charge is 0.316 e. The molecule has 1 heterocycles. The van der Waals surface area contributed by atoms with E-state index in [4.69, 9.17) is 0 Å². The molecule has 1 N–H and O–H groups in total. The van der Waals surface area contributed by atoms with E-state index in [0.29, 0.717) is 5.41 Å². The summed E-state index contributed by atoms with van der Waals surface area (Å²) in [4.78, 5) is 2.81. The van der Waals surface area contributed by atoms with Gasteiger partial charge in [0.2, 0.25) is 0 Å². The van der Waals surface area contributed by atoms with Crippen molar-refractivity contribution in [1.29, 1.82) is 0 Å². The molecule has 21 heavy (non-hydrogen) atoms. The fourth-order valence-corrected chi connectivity index (χ4v) is 4.78. The molecule has 1 saturated heterocycles. The van der Waals surface area contributed by atoms with E-state index in [1.807, 2.05) is 0 Å². The van der Waals surface area contributed by atoms with E-state index in [1.165, 1.54) is 77.5 Å². The first kappa shape index (κ1) is 17.3. The van der Waals surface area contributed by atoms with Gasteiger partial charge in [-0.1, -0.05) is 40.0 Å². The van der Waals surface area contributed by atoms with E-state index in [9.17, 15) is 0 Å². The summed E-state index contributed by atoms with van der Waals surface area (Å²) in [6, 6.07) is 0. The number of hydrogen-bond acceptors (Lipinski definition) is 2. The second kappa shape index (κ2) is 8.53. The molecule has 2 aliphatic rings. The molecule has 1 aliphatic carbocycles. The van der Waals surface area contributed by atoms with Gasteiger partial charge in [0.25, 0.3) is 0 Å². The summed E-state index contributed by atoms with van der Waals surface area (Å²) in [6.07, 6.45) is 11.5. The molecule has 2 fully saturated rings. The quantitative estimate of drug-likeness (QED) is 0.785. The van der Waals surface area contributed by atoms with Gasteiger partial charge in [0.15, 0.2) is 0 Å². The second-order valence-corrected chi connectivity index (χ2v) is 7.96. The van der Waals surface area contributed by atoms with Crippen molar-refractivity contribution in [2.45, 2.75) is 72.1 Å². The molecule has 124 valence electrons. The fraction of sp³-hybridized carbons (Fsp3) is 1.00. The lowest BCUT2D eigenvalue weighted by molar-refractivity contribution is 0.0814. The predicted octanol–water partition coefficient (Wildman–Crippen LogP) is 4.30. The topological polar surface area (TPSA) is 15.3 Å². The Hall–Kier alpha value is -0.0800. The third kappa shape index (κ3) is 5.25. The Balaban J connectivity index is 1.94. The van der Waals surface area contributed by atoms with E-state index in [-0.39, 0.29) is 0 Å². The normalized spacial score (nSPS) is 35.6. The van der Waals surface area contributed by atoms with Gasteiger partial charge in [-0.3, -0.25) is 0 Å². The van der Waals surface area contributed by atoms with Gasteiger partial charge >= 0.3 is 0 Å². The minimum absolute atomic E-state index is 0.555. The molecule has 3 atom stereocenters. The van der Waals surface area contributed by atoms with Gasteiger partial charge in [-0.2, -0.15) is 0 Å². The van der Waals surface area contributed by atoms with Crippen LogP contribution in [0.2, 0.25) is 0 Å². The summed E-state index contributed by atoms with van der Waals surface area (Å²) in [7, 11) is 0. The first-order chi connectivity index (χ1) is 10.2. The molecular weight excluding hydrogens is 256 g/mol. The maximum Gasteiger partial charge on any atom is 0.00502 e. The van der Waals surface area contributed by atoms with Gasteiger partial charge in [-0.25, -0.2) is 0 Å². The zero-order valence-corrected chi connectivity index (χ0v) is 14.8. The standard InChI is InChI=1S/C19H38N2/c1-4-18-9-7-12-21(13-10-18)16-19(15-20-5-2)11-6-8-17(3)14-19/h17-18,20H,4-16H2,1-3H3. The molecule has 2 rings (SSSR count). The Morgan fingerprint density at radius 1 is 1.10 bits per heavy atom. The molecular formula is C19H38N2. The summed E-state index contributed by atoms with van der Waals surface area (Å²) in [5.74, 6) is 1.91. The average molecular weight is 295 g/mol. The number of nitrogens with zero attached hydrogens (tertiary/aromatic N) is 1. The van der Waals surface area contributed by atoms with Crippen molar-refractivity contribution in [3.05, 3.63) is 0 Å². The molecule has 0 bridgehead atoms. The van der Waals surface area contributed by atoms with Crippen LogP contribution in [0.3, 0.4) is 0 Å². The van der Waals surface area contributed by atoms with Crippen LogP contribution in [0, 0.1) is 17.3 Å². The summed E-state index contributed by atoms with van der Waals surface area (Å²) in [6.45, 7) is 13.5. The van der Waals surface area contributed by atoms with Crippen molar-refractivity contribution in [3.8, 4) is 0 Å². The van der Waals surface area contributed by atoms with E-state index in [1.54, 1.807) is 0 Å². The van der Waals surface area contributed by atoms with Gasteiger partial charge in [-0.15, -0.1) is 0 Å². The number of hydrogen-bond donors (Lipinski definition) is 1. The Morgan fingerprint density at radius 2 is 1.95 bits per heavy atom. The Kier molecular flexibility index (Phi) is 7.01. The molecule has 2 nitrogen and oxygen atoms in total. The number of rotatable bonds is 6. The first-order valence-corrected chi connectivity index (χ1v) is 9.60. The Labute approximate surface area is 133 Å². The van der Waals surface area contributed by atoms with E-state index in [0.717, 1.165) is 18.4 Å². The lowest BCUT2D eigenvalue weighted by Crippen LogP contribution is -2.47. The Morgan fingerprint density at radius 3 is 2.67 bits per heavy atom. The second-order valence-electron chi connectivity index (χ2n) is 7.96. The smallest absolute Gasteiger partial charge is 0.00502 e. The van der Waals surface area contributed by atoms with Crippen molar-refractivity contribution in [3.63, 3.8) is 0 Å². The lowest BCUT2D eigenvalue weighted by Gasteiger charge is -2.43. The number of nitrogens with one attached hydrogen (secondary N) is 1. The van der Waals surface area contributed by atoms with E-state index in [2.05, 4.69) is 31.0 Å². The summed E-state index contributed by atoms with van der Waals surface area (Å²) < 4.78 is 0. The van der Waals surface area contributed by atoms with Crippen LogP contribution in [0.4, 0.5) is 0 Å². The molecule has 0 amide bonds. The highest BCUT2D eigenvalue weighted by Crippen LogP contribution is 2.40. The minimum atomic E-state index is 0.555. The zero-order chi connectivity index (χ0) is 15.1. The van der Waals surface area contributed by atoms with Crippen molar-refractivity contribution in [2.75, 3.05) is 32.7 Å². The SMILES string of the molecule is CCNCC1(CN2CCCC(CC)CC2)CCCC(C)C1. The molecule has 0 spiro atoms. The van der Waals surface area contributed by atoms with Crippen molar-refractivity contribution >= 4 is 0 Å². The van der Waals surface area contributed by atoms with Crippen molar-refractivity contribution in [2.24, 2.45) is 17.3 Å². The lowest BCUT2D eigenvalue weighted by atomic mass is 9.69. The molecule has 0 aromatic carbocycles. The molecule has 0 aromatic heterocycles. The van der Waals surface area contributed by atoms with Crippen LogP contribution < -0.4 is 5.32 Å². The van der Waals surface area contributed by atoms with Crippen LogP contribution in [0.15, 0.2) is 0 Å². The third-order valence-electron chi connectivity index (χ3n) is 6.01. The summed E-state index contributed by atoms with van der Waals surface area (Å²) in [5, 5.41) is 3.68. The molecule has 2 heteroatoms. The monoisotopic (exact) mass is 294 g/mol. The highest BCUT2D eigenvalue weighted by molar-refractivity contribution is 4.90. The summed E-state index contributed by atoms with van der Waals surface area (Å²) >= 11 is 0. The van der Waals surface area contributed by atoms with Crippen LogP contribution in [0.5, 0.6) is 0 Å². The first-order valence-electron chi connectivity index (χ1n) is 9.60. The van der Waals surface area contributed by atoms with Gasteiger partial charge in [0.05, 0.1) is 0 Å². The molecule has 3 unspecified atom stereocenters. The molecule has 0 aromatic rings. The predicted molar refractivity (Wildman–Crippen MR) is 92.7 cm³/mol. The molecule has 0 radical (unpaired) electrons. The highest BCUT2D eigenvalue weighted by Gasteiger charge is 2.36. The van der Waals surface area contributed by atoms with Crippen LogP contribution >= 0.6 is 0 Å². The van der Waals surface area contributed by atoms with E-state index >= 15 is 0 Å². The van der Waals surface area contributed by atoms with Gasteiger partial charge in [0, 0.05) is 13.1 Å². The maximum absolute atomic E-state index is 3.68. The van der Waals surface area contributed by atoms with Crippen molar-refractivity contribution in [1.82, 2.24) is 10.2 Å². The van der Waals surface area contributed by atoms with Gasteiger partial charge in [0.1, 0.15) is 0 Å². The fourth-order valence-electron chi connectivity index (χ4n) is 4.78. The minimum Gasteiger partial charge on any atom is -0.316 e. The molecule has 1 saturated carbocycles.